The number of hydrogen-bond donors (Lipinski definition) is 1. The number of aryl methyl sites for hydroxylation is 1. The Morgan fingerprint density at radius 1 is 1.11 bits per heavy atom. The summed E-state index contributed by atoms with van der Waals surface area (Å²) >= 11 is 1.42. The van der Waals surface area contributed by atoms with E-state index in [1.54, 1.807) is 19.2 Å². The summed E-state index contributed by atoms with van der Waals surface area (Å²) < 4.78 is 0. The molecule has 2 aromatic rings. The number of nitro benzene ring substituents is 1. The minimum atomic E-state index is -0.341. The highest BCUT2D eigenvalue weighted by Crippen LogP contribution is 2.39. The van der Waals surface area contributed by atoms with E-state index in [1.807, 2.05) is 37.3 Å². The Balaban J connectivity index is 2.46. The first-order valence-electron chi connectivity index (χ1n) is 5.82. The van der Waals surface area contributed by atoms with E-state index in [4.69, 9.17) is 0 Å². The molecule has 0 radical (unpaired) electrons. The van der Waals surface area contributed by atoms with Crippen molar-refractivity contribution in [1.29, 1.82) is 0 Å². The van der Waals surface area contributed by atoms with Crippen molar-refractivity contribution in [3.8, 4) is 0 Å². The monoisotopic (exact) mass is 274 g/mol. The van der Waals surface area contributed by atoms with Gasteiger partial charge in [-0.05, 0) is 30.7 Å². The van der Waals surface area contributed by atoms with Crippen molar-refractivity contribution in [2.24, 2.45) is 0 Å². The summed E-state index contributed by atoms with van der Waals surface area (Å²) in [6, 6.07) is 13.2. The van der Waals surface area contributed by atoms with E-state index in [0.29, 0.717) is 10.6 Å². The maximum Gasteiger partial charge on any atom is 0.306 e. The maximum atomic E-state index is 11.2. The molecule has 98 valence electrons. The van der Waals surface area contributed by atoms with Gasteiger partial charge in [-0.2, -0.15) is 0 Å². The second-order valence-electron chi connectivity index (χ2n) is 4.03. The Morgan fingerprint density at radius 3 is 2.42 bits per heavy atom. The largest absolute Gasteiger partial charge is 0.383 e. The van der Waals surface area contributed by atoms with Gasteiger partial charge in [-0.25, -0.2) is 0 Å². The molecule has 5 heteroatoms. The van der Waals surface area contributed by atoms with Gasteiger partial charge in [0.1, 0.15) is 5.69 Å². The molecule has 0 fully saturated rings. The van der Waals surface area contributed by atoms with Crippen LogP contribution in [0.4, 0.5) is 11.4 Å². The van der Waals surface area contributed by atoms with Crippen LogP contribution in [-0.2, 0) is 0 Å². The Kier molecular flexibility index (Phi) is 4.06. The second-order valence-corrected chi connectivity index (χ2v) is 5.11. The first-order chi connectivity index (χ1) is 9.13. The quantitative estimate of drug-likeness (QED) is 0.673. The Hall–Kier alpha value is -2.01. The van der Waals surface area contributed by atoms with E-state index in [2.05, 4.69) is 5.32 Å². The summed E-state index contributed by atoms with van der Waals surface area (Å²) in [4.78, 5) is 12.6. The average molecular weight is 274 g/mol. The van der Waals surface area contributed by atoms with Crippen LogP contribution in [0.25, 0.3) is 0 Å². The van der Waals surface area contributed by atoms with Gasteiger partial charge in [-0.3, -0.25) is 10.1 Å². The van der Waals surface area contributed by atoms with E-state index >= 15 is 0 Å². The van der Waals surface area contributed by atoms with Gasteiger partial charge in [-0.15, -0.1) is 0 Å². The second kappa shape index (κ2) is 5.75. The van der Waals surface area contributed by atoms with Crippen LogP contribution in [-0.4, -0.2) is 12.0 Å². The predicted octanol–water partition coefficient (Wildman–Crippen LogP) is 4.10. The topological polar surface area (TPSA) is 55.2 Å². The normalized spacial score (nSPS) is 10.2. The van der Waals surface area contributed by atoms with Crippen molar-refractivity contribution >= 4 is 23.1 Å². The van der Waals surface area contributed by atoms with Crippen molar-refractivity contribution in [2.75, 3.05) is 12.4 Å². The molecule has 0 aliphatic heterocycles. The molecule has 2 aromatic carbocycles. The van der Waals surface area contributed by atoms with E-state index < -0.39 is 0 Å². The molecule has 0 bridgehead atoms. The SMILES string of the molecule is CNc1cccc(Sc2ccccc2C)c1[N+](=O)[O-]. The lowest BCUT2D eigenvalue weighted by Crippen LogP contribution is -1.98. The number of nitro groups is 1. The summed E-state index contributed by atoms with van der Waals surface area (Å²) in [7, 11) is 1.69. The Morgan fingerprint density at radius 2 is 1.79 bits per heavy atom. The molecule has 4 nitrogen and oxygen atoms in total. The van der Waals surface area contributed by atoms with Crippen LogP contribution >= 0.6 is 11.8 Å². The van der Waals surface area contributed by atoms with E-state index in [9.17, 15) is 10.1 Å². The molecule has 0 atom stereocenters. The molecule has 2 rings (SSSR count). The van der Waals surface area contributed by atoms with Crippen molar-refractivity contribution in [3.05, 3.63) is 58.1 Å². The molecule has 0 aliphatic carbocycles. The zero-order valence-corrected chi connectivity index (χ0v) is 11.5. The third-order valence-corrected chi connectivity index (χ3v) is 3.99. The highest BCUT2D eigenvalue weighted by Gasteiger charge is 2.19. The van der Waals surface area contributed by atoms with Crippen LogP contribution < -0.4 is 5.32 Å². The van der Waals surface area contributed by atoms with E-state index in [1.165, 1.54) is 11.8 Å². The zero-order chi connectivity index (χ0) is 13.8. The molecular formula is C14H14N2O2S. The van der Waals surface area contributed by atoms with Crippen LogP contribution in [0.15, 0.2) is 52.3 Å². The van der Waals surface area contributed by atoms with Crippen LogP contribution in [0.1, 0.15) is 5.56 Å². The molecule has 0 spiro atoms. The third-order valence-electron chi connectivity index (χ3n) is 2.76. The van der Waals surface area contributed by atoms with Crippen molar-refractivity contribution < 1.29 is 4.92 Å². The molecule has 1 N–H and O–H groups in total. The highest BCUT2D eigenvalue weighted by molar-refractivity contribution is 7.99. The lowest BCUT2D eigenvalue weighted by atomic mass is 10.2. The molecule has 0 heterocycles. The zero-order valence-electron chi connectivity index (χ0n) is 10.7. The molecule has 0 aromatic heterocycles. The number of nitrogens with one attached hydrogen (secondary N) is 1. The molecule has 0 amide bonds. The maximum absolute atomic E-state index is 11.2. The molecule has 0 aliphatic rings. The summed E-state index contributed by atoms with van der Waals surface area (Å²) in [6.45, 7) is 2.00. The van der Waals surface area contributed by atoms with Gasteiger partial charge < -0.3 is 5.32 Å². The number of rotatable bonds is 4. The van der Waals surface area contributed by atoms with Crippen LogP contribution in [0, 0.1) is 17.0 Å². The van der Waals surface area contributed by atoms with Crippen molar-refractivity contribution in [1.82, 2.24) is 0 Å². The first-order valence-corrected chi connectivity index (χ1v) is 6.63. The average Bonchev–Trinajstić information content (AvgIpc) is 2.40. The van der Waals surface area contributed by atoms with Gasteiger partial charge in [0.2, 0.25) is 0 Å². The van der Waals surface area contributed by atoms with Gasteiger partial charge in [0.15, 0.2) is 0 Å². The first kappa shape index (κ1) is 13.4. The van der Waals surface area contributed by atoms with Crippen molar-refractivity contribution in [3.63, 3.8) is 0 Å². The van der Waals surface area contributed by atoms with Gasteiger partial charge >= 0.3 is 5.69 Å². The van der Waals surface area contributed by atoms with Crippen LogP contribution in [0.5, 0.6) is 0 Å². The number of anilines is 1. The summed E-state index contributed by atoms with van der Waals surface area (Å²) in [6.07, 6.45) is 0. The molecule has 0 saturated carbocycles. The number of para-hydroxylation sites is 1. The molecule has 0 unspecified atom stereocenters. The van der Waals surface area contributed by atoms with Gasteiger partial charge in [0.05, 0.1) is 9.82 Å². The number of benzene rings is 2. The third kappa shape index (κ3) is 2.88. The summed E-state index contributed by atoms with van der Waals surface area (Å²) in [5.74, 6) is 0. The smallest absolute Gasteiger partial charge is 0.306 e. The fourth-order valence-corrected chi connectivity index (χ4v) is 2.82. The van der Waals surface area contributed by atoms with E-state index in [0.717, 1.165) is 10.5 Å². The molecule has 19 heavy (non-hydrogen) atoms. The predicted molar refractivity (Wildman–Crippen MR) is 77.9 cm³/mol. The molecular weight excluding hydrogens is 260 g/mol. The fraction of sp³-hybridized carbons (Fsp3) is 0.143. The van der Waals surface area contributed by atoms with Gasteiger partial charge in [-0.1, -0.05) is 36.0 Å². The summed E-state index contributed by atoms with van der Waals surface area (Å²) in [5, 5.41) is 14.1. The van der Waals surface area contributed by atoms with Gasteiger partial charge in [0.25, 0.3) is 0 Å². The number of hydrogen-bond acceptors (Lipinski definition) is 4. The molecule has 0 saturated heterocycles. The van der Waals surface area contributed by atoms with Gasteiger partial charge in [0, 0.05) is 11.9 Å². The van der Waals surface area contributed by atoms with Crippen molar-refractivity contribution in [2.45, 2.75) is 16.7 Å². The number of nitrogens with zero attached hydrogens (tertiary/aromatic N) is 1. The fourth-order valence-electron chi connectivity index (χ4n) is 1.78. The minimum Gasteiger partial charge on any atom is -0.383 e. The van der Waals surface area contributed by atoms with Crippen LogP contribution in [0.3, 0.4) is 0 Å². The lowest BCUT2D eigenvalue weighted by Gasteiger charge is -2.08. The lowest BCUT2D eigenvalue weighted by molar-refractivity contribution is -0.386. The Labute approximate surface area is 116 Å². The summed E-state index contributed by atoms with van der Waals surface area (Å²) in [5.41, 5.74) is 1.76. The van der Waals surface area contributed by atoms with E-state index in [-0.39, 0.29) is 10.6 Å². The Bertz CT molecular complexity index is 614. The minimum absolute atomic E-state index is 0.123. The highest BCUT2D eigenvalue weighted by atomic mass is 32.2. The van der Waals surface area contributed by atoms with Crippen LogP contribution in [0.2, 0.25) is 0 Å². The standard InChI is InChI=1S/C14H14N2O2S/c1-10-6-3-4-8-12(10)19-13-9-5-7-11(15-2)14(13)16(17)18/h3-9,15H,1-2H3.